The summed E-state index contributed by atoms with van der Waals surface area (Å²) in [4.78, 5) is 26.8. The van der Waals surface area contributed by atoms with Crippen LogP contribution in [0.1, 0.15) is 12.8 Å². The zero-order valence-electron chi connectivity index (χ0n) is 10.1. The first-order valence-corrected chi connectivity index (χ1v) is 6.07. The van der Waals surface area contributed by atoms with Crippen molar-refractivity contribution in [1.29, 1.82) is 0 Å². The Balaban J connectivity index is 1.82. The Labute approximate surface area is 101 Å². The quantitative estimate of drug-likeness (QED) is 0.681. The molecule has 0 bridgehead atoms. The van der Waals surface area contributed by atoms with Crippen molar-refractivity contribution in [2.75, 3.05) is 39.8 Å². The van der Waals surface area contributed by atoms with Crippen LogP contribution in [-0.2, 0) is 9.53 Å². The van der Waals surface area contributed by atoms with E-state index in [0.717, 1.165) is 19.4 Å². The van der Waals surface area contributed by atoms with Gasteiger partial charge in [-0.2, -0.15) is 0 Å². The summed E-state index contributed by atoms with van der Waals surface area (Å²) in [5.41, 5.74) is 0. The maximum atomic E-state index is 12.1. The molecule has 6 nitrogen and oxygen atoms in total. The lowest BCUT2D eigenvalue weighted by Crippen LogP contribution is -2.54. The van der Waals surface area contributed by atoms with Crippen LogP contribution in [-0.4, -0.2) is 67.7 Å². The van der Waals surface area contributed by atoms with Crippen LogP contribution in [0, 0.1) is 0 Å². The van der Waals surface area contributed by atoms with Crippen molar-refractivity contribution in [2.45, 2.75) is 18.9 Å². The van der Waals surface area contributed by atoms with E-state index in [9.17, 15) is 9.59 Å². The first-order chi connectivity index (χ1) is 8.22. The highest BCUT2D eigenvalue weighted by molar-refractivity contribution is 5.82. The second-order valence-corrected chi connectivity index (χ2v) is 4.43. The molecule has 2 heterocycles. The fourth-order valence-corrected chi connectivity index (χ4v) is 2.35. The molecule has 0 unspecified atom stereocenters. The molecule has 6 heteroatoms. The van der Waals surface area contributed by atoms with Crippen LogP contribution < -0.4 is 5.32 Å². The van der Waals surface area contributed by atoms with E-state index in [-0.39, 0.29) is 18.0 Å². The maximum absolute atomic E-state index is 12.1. The van der Waals surface area contributed by atoms with Crippen LogP contribution in [0.4, 0.5) is 4.79 Å². The normalized spacial score (nSPS) is 24.9. The first kappa shape index (κ1) is 12.2. The number of carbonyl (C=O) groups excluding carboxylic acids is 2. The number of hydrogen-bond acceptors (Lipinski definition) is 4. The van der Waals surface area contributed by atoms with Crippen LogP contribution in [0.25, 0.3) is 0 Å². The Hall–Kier alpha value is -1.30. The standard InChI is InChI=1S/C11H19N3O3/c1-17-11(16)14-7-5-13(6-8-14)10(15)9-3-2-4-12-9/h9,12H,2-8H2,1H3/t9-/m1/s1. The minimum Gasteiger partial charge on any atom is -0.453 e. The molecule has 0 aliphatic carbocycles. The highest BCUT2D eigenvalue weighted by Gasteiger charge is 2.30. The number of rotatable bonds is 1. The van der Waals surface area contributed by atoms with Crippen LogP contribution >= 0.6 is 0 Å². The van der Waals surface area contributed by atoms with Gasteiger partial charge in [0.15, 0.2) is 0 Å². The molecular formula is C11H19N3O3. The van der Waals surface area contributed by atoms with Crippen molar-refractivity contribution in [3.05, 3.63) is 0 Å². The third-order valence-corrected chi connectivity index (χ3v) is 3.38. The molecule has 2 amide bonds. The molecule has 96 valence electrons. The number of ether oxygens (including phenoxy) is 1. The van der Waals surface area contributed by atoms with E-state index >= 15 is 0 Å². The fourth-order valence-electron chi connectivity index (χ4n) is 2.35. The zero-order chi connectivity index (χ0) is 12.3. The number of piperazine rings is 1. The van der Waals surface area contributed by atoms with Crippen molar-refractivity contribution in [3.63, 3.8) is 0 Å². The summed E-state index contributed by atoms with van der Waals surface area (Å²) >= 11 is 0. The summed E-state index contributed by atoms with van der Waals surface area (Å²) in [7, 11) is 1.38. The maximum Gasteiger partial charge on any atom is 0.409 e. The SMILES string of the molecule is COC(=O)N1CCN(C(=O)[C@H]2CCCN2)CC1. The lowest BCUT2D eigenvalue weighted by atomic mass is 10.2. The van der Waals surface area contributed by atoms with E-state index in [0.29, 0.717) is 26.2 Å². The van der Waals surface area contributed by atoms with Gasteiger partial charge in [-0.05, 0) is 19.4 Å². The molecule has 1 atom stereocenters. The molecule has 1 N–H and O–H groups in total. The van der Waals surface area contributed by atoms with E-state index in [1.54, 1.807) is 4.90 Å². The molecule has 2 fully saturated rings. The first-order valence-electron chi connectivity index (χ1n) is 6.07. The predicted octanol–water partition coefficient (Wildman–Crippen LogP) is -0.351. The van der Waals surface area contributed by atoms with Gasteiger partial charge in [-0.3, -0.25) is 4.79 Å². The van der Waals surface area contributed by atoms with Crippen molar-refractivity contribution >= 4 is 12.0 Å². The molecule has 0 spiro atoms. The van der Waals surface area contributed by atoms with Gasteiger partial charge < -0.3 is 19.9 Å². The molecule has 2 saturated heterocycles. The second-order valence-electron chi connectivity index (χ2n) is 4.43. The van der Waals surface area contributed by atoms with Crippen LogP contribution in [0.2, 0.25) is 0 Å². The molecule has 0 aromatic heterocycles. The number of carbonyl (C=O) groups is 2. The molecule has 2 rings (SSSR count). The third kappa shape index (κ3) is 2.69. The number of amides is 2. The van der Waals surface area contributed by atoms with Gasteiger partial charge >= 0.3 is 6.09 Å². The summed E-state index contributed by atoms with van der Waals surface area (Å²) in [6, 6.07) is -0.0142. The molecular weight excluding hydrogens is 222 g/mol. The molecule has 2 aliphatic rings. The smallest absolute Gasteiger partial charge is 0.409 e. The minimum atomic E-state index is -0.309. The Bertz CT molecular complexity index is 294. The molecule has 0 aromatic rings. The average molecular weight is 241 g/mol. The summed E-state index contributed by atoms with van der Waals surface area (Å²) < 4.78 is 4.66. The second kappa shape index (κ2) is 5.35. The number of methoxy groups -OCH3 is 1. The van der Waals surface area contributed by atoms with Gasteiger partial charge in [0.05, 0.1) is 13.2 Å². The number of nitrogens with zero attached hydrogens (tertiary/aromatic N) is 2. The van der Waals surface area contributed by atoms with Gasteiger partial charge in [-0.1, -0.05) is 0 Å². The lowest BCUT2D eigenvalue weighted by Gasteiger charge is -2.35. The van der Waals surface area contributed by atoms with Crippen molar-refractivity contribution < 1.29 is 14.3 Å². The Morgan fingerprint density at radius 2 is 1.82 bits per heavy atom. The Morgan fingerprint density at radius 3 is 2.35 bits per heavy atom. The molecule has 17 heavy (non-hydrogen) atoms. The molecule has 2 aliphatic heterocycles. The summed E-state index contributed by atoms with van der Waals surface area (Å²) in [5.74, 6) is 0.173. The average Bonchev–Trinajstić information content (AvgIpc) is 2.91. The van der Waals surface area contributed by atoms with Gasteiger partial charge in [-0.15, -0.1) is 0 Å². The van der Waals surface area contributed by atoms with Crippen molar-refractivity contribution in [2.24, 2.45) is 0 Å². The third-order valence-electron chi connectivity index (χ3n) is 3.38. The van der Waals surface area contributed by atoms with E-state index < -0.39 is 0 Å². The van der Waals surface area contributed by atoms with Crippen molar-refractivity contribution in [3.8, 4) is 0 Å². The molecule has 0 saturated carbocycles. The topological polar surface area (TPSA) is 61.9 Å². The minimum absolute atomic E-state index is 0.0142. The monoisotopic (exact) mass is 241 g/mol. The van der Waals surface area contributed by atoms with E-state index in [2.05, 4.69) is 10.1 Å². The van der Waals surface area contributed by atoms with Gasteiger partial charge in [0.1, 0.15) is 0 Å². The number of nitrogens with one attached hydrogen (secondary N) is 1. The van der Waals surface area contributed by atoms with E-state index in [1.807, 2.05) is 4.90 Å². The Morgan fingerprint density at radius 1 is 1.18 bits per heavy atom. The fraction of sp³-hybridized carbons (Fsp3) is 0.818. The predicted molar refractivity (Wildman–Crippen MR) is 61.6 cm³/mol. The Kier molecular flexibility index (Phi) is 3.83. The lowest BCUT2D eigenvalue weighted by molar-refractivity contribution is -0.134. The van der Waals surface area contributed by atoms with Crippen LogP contribution in [0.3, 0.4) is 0 Å². The highest BCUT2D eigenvalue weighted by atomic mass is 16.5. The van der Waals surface area contributed by atoms with Gasteiger partial charge in [0.2, 0.25) is 5.91 Å². The number of hydrogen-bond donors (Lipinski definition) is 1. The highest BCUT2D eigenvalue weighted by Crippen LogP contribution is 2.11. The van der Waals surface area contributed by atoms with Crippen LogP contribution in [0.5, 0.6) is 0 Å². The van der Waals surface area contributed by atoms with Crippen molar-refractivity contribution in [1.82, 2.24) is 15.1 Å². The van der Waals surface area contributed by atoms with E-state index in [4.69, 9.17) is 0 Å². The summed E-state index contributed by atoms with van der Waals surface area (Å²) in [5, 5.41) is 3.20. The van der Waals surface area contributed by atoms with Gasteiger partial charge in [0.25, 0.3) is 0 Å². The summed E-state index contributed by atoms with van der Waals surface area (Å²) in [6.07, 6.45) is 1.69. The summed E-state index contributed by atoms with van der Waals surface area (Å²) in [6.45, 7) is 3.26. The van der Waals surface area contributed by atoms with Gasteiger partial charge in [0, 0.05) is 26.2 Å². The van der Waals surface area contributed by atoms with Crippen LogP contribution in [0.15, 0.2) is 0 Å². The largest absolute Gasteiger partial charge is 0.453 e. The molecule has 0 aromatic carbocycles. The van der Waals surface area contributed by atoms with E-state index in [1.165, 1.54) is 7.11 Å². The van der Waals surface area contributed by atoms with Gasteiger partial charge in [-0.25, -0.2) is 4.79 Å². The zero-order valence-corrected chi connectivity index (χ0v) is 10.1. The molecule has 0 radical (unpaired) electrons.